The van der Waals surface area contributed by atoms with E-state index in [0.29, 0.717) is 6.61 Å². The van der Waals surface area contributed by atoms with Crippen molar-refractivity contribution in [1.29, 1.82) is 0 Å². The molecule has 0 aliphatic carbocycles. The molecule has 2 rings (SSSR count). The largest absolute Gasteiger partial charge is 0.493 e. The lowest BCUT2D eigenvalue weighted by Gasteiger charge is -2.09. The highest BCUT2D eigenvalue weighted by atomic mass is 79.9. The fraction of sp³-hybridized carbons (Fsp3) is 0.348. The molecule has 0 saturated heterocycles. The molecule has 0 spiro atoms. The Hall–Kier alpha value is -2.07. The summed E-state index contributed by atoms with van der Waals surface area (Å²) >= 11 is 3.55. The summed E-state index contributed by atoms with van der Waals surface area (Å²) in [6.07, 6.45) is 8.83. The van der Waals surface area contributed by atoms with E-state index in [9.17, 15) is 4.79 Å². The van der Waals surface area contributed by atoms with Crippen LogP contribution in [0.4, 0.5) is 5.69 Å². The number of para-hydroxylation sites is 1. The Balaban J connectivity index is 1.99. The number of rotatable bonds is 10. The SMILES string of the molecule is CCCCOc1ccccc1/C=C/C(=O)Nc1ccc(CCCC)cc1Br. The standard InChI is InChI=1S/C23H28BrNO2/c1-3-5-9-18-12-14-21(20(24)17-18)25-23(26)15-13-19-10-7-8-11-22(19)27-16-6-4-2/h7-8,10-15,17H,3-6,9,16H2,1-2H3,(H,25,26)/b15-13+. The van der Waals surface area contributed by atoms with Gasteiger partial charge in [0.15, 0.2) is 0 Å². The zero-order valence-corrected chi connectivity index (χ0v) is 17.7. The Kier molecular flexibility index (Phi) is 9.12. The lowest BCUT2D eigenvalue weighted by molar-refractivity contribution is -0.111. The van der Waals surface area contributed by atoms with Crippen LogP contribution in [-0.4, -0.2) is 12.5 Å². The molecule has 0 unspecified atom stereocenters. The van der Waals surface area contributed by atoms with E-state index in [-0.39, 0.29) is 5.91 Å². The average molecular weight is 430 g/mol. The molecule has 1 N–H and O–H groups in total. The Labute approximate surface area is 171 Å². The Morgan fingerprint density at radius 3 is 2.63 bits per heavy atom. The highest BCUT2D eigenvalue weighted by Crippen LogP contribution is 2.25. The van der Waals surface area contributed by atoms with Crippen molar-refractivity contribution in [1.82, 2.24) is 0 Å². The molecule has 0 bridgehead atoms. The summed E-state index contributed by atoms with van der Waals surface area (Å²) in [6.45, 7) is 5.00. The van der Waals surface area contributed by atoms with Gasteiger partial charge in [-0.05, 0) is 65.0 Å². The summed E-state index contributed by atoms with van der Waals surface area (Å²) < 4.78 is 6.71. The minimum atomic E-state index is -0.166. The summed E-state index contributed by atoms with van der Waals surface area (Å²) in [5, 5.41) is 2.92. The summed E-state index contributed by atoms with van der Waals surface area (Å²) in [5.41, 5.74) is 2.95. The third-order valence-electron chi connectivity index (χ3n) is 4.20. The molecule has 2 aromatic carbocycles. The van der Waals surface area contributed by atoms with Crippen molar-refractivity contribution in [2.24, 2.45) is 0 Å². The number of hydrogen-bond donors (Lipinski definition) is 1. The number of aryl methyl sites for hydroxylation is 1. The van der Waals surface area contributed by atoms with Gasteiger partial charge in [-0.1, -0.05) is 51.0 Å². The zero-order chi connectivity index (χ0) is 19.5. The Morgan fingerprint density at radius 2 is 1.89 bits per heavy atom. The molecule has 0 heterocycles. The molecule has 0 saturated carbocycles. The van der Waals surface area contributed by atoms with Crippen LogP contribution < -0.4 is 10.1 Å². The normalized spacial score (nSPS) is 10.9. The number of halogens is 1. The van der Waals surface area contributed by atoms with E-state index < -0.39 is 0 Å². The van der Waals surface area contributed by atoms with Crippen LogP contribution in [0.2, 0.25) is 0 Å². The van der Waals surface area contributed by atoms with Gasteiger partial charge in [-0.2, -0.15) is 0 Å². The smallest absolute Gasteiger partial charge is 0.248 e. The number of unbranched alkanes of at least 4 members (excludes halogenated alkanes) is 2. The Morgan fingerprint density at radius 1 is 1.11 bits per heavy atom. The van der Waals surface area contributed by atoms with E-state index in [4.69, 9.17) is 4.74 Å². The molecular formula is C23H28BrNO2. The van der Waals surface area contributed by atoms with E-state index >= 15 is 0 Å². The van der Waals surface area contributed by atoms with Crippen molar-refractivity contribution in [3.8, 4) is 5.75 Å². The van der Waals surface area contributed by atoms with Gasteiger partial charge in [0.25, 0.3) is 0 Å². The van der Waals surface area contributed by atoms with Crippen LogP contribution in [0.3, 0.4) is 0 Å². The van der Waals surface area contributed by atoms with Gasteiger partial charge >= 0.3 is 0 Å². The third kappa shape index (κ3) is 7.22. The van der Waals surface area contributed by atoms with Crippen LogP contribution >= 0.6 is 15.9 Å². The molecule has 0 aliphatic heterocycles. The molecule has 0 atom stereocenters. The van der Waals surface area contributed by atoms with Gasteiger partial charge in [-0.3, -0.25) is 4.79 Å². The lowest BCUT2D eigenvalue weighted by atomic mass is 10.1. The second-order valence-corrected chi connectivity index (χ2v) is 7.33. The van der Waals surface area contributed by atoms with Crippen molar-refractivity contribution in [3.63, 3.8) is 0 Å². The lowest BCUT2D eigenvalue weighted by Crippen LogP contribution is -2.08. The van der Waals surface area contributed by atoms with Gasteiger partial charge in [-0.25, -0.2) is 0 Å². The van der Waals surface area contributed by atoms with Gasteiger partial charge in [0.2, 0.25) is 5.91 Å². The molecule has 1 amide bonds. The van der Waals surface area contributed by atoms with Gasteiger partial charge in [0, 0.05) is 16.1 Å². The topological polar surface area (TPSA) is 38.3 Å². The maximum atomic E-state index is 12.3. The monoisotopic (exact) mass is 429 g/mol. The first-order valence-electron chi connectivity index (χ1n) is 9.63. The van der Waals surface area contributed by atoms with Crippen molar-refractivity contribution in [3.05, 3.63) is 64.1 Å². The van der Waals surface area contributed by atoms with Crippen molar-refractivity contribution < 1.29 is 9.53 Å². The van der Waals surface area contributed by atoms with Gasteiger partial charge in [0.05, 0.1) is 12.3 Å². The number of nitrogens with one attached hydrogen (secondary N) is 1. The average Bonchev–Trinajstić information content (AvgIpc) is 2.67. The van der Waals surface area contributed by atoms with Gasteiger partial charge in [-0.15, -0.1) is 0 Å². The van der Waals surface area contributed by atoms with E-state index in [2.05, 4.69) is 47.2 Å². The fourth-order valence-corrected chi connectivity index (χ4v) is 3.14. The van der Waals surface area contributed by atoms with Crippen molar-refractivity contribution in [2.75, 3.05) is 11.9 Å². The summed E-state index contributed by atoms with van der Waals surface area (Å²) in [5.74, 6) is 0.636. The second-order valence-electron chi connectivity index (χ2n) is 6.48. The first kappa shape index (κ1) is 21.2. The predicted molar refractivity (Wildman–Crippen MR) is 117 cm³/mol. The number of carbonyl (C=O) groups excluding carboxylic acids is 1. The molecule has 144 valence electrons. The highest BCUT2D eigenvalue weighted by Gasteiger charge is 2.05. The number of ether oxygens (including phenoxy) is 1. The van der Waals surface area contributed by atoms with Crippen molar-refractivity contribution in [2.45, 2.75) is 46.0 Å². The van der Waals surface area contributed by atoms with Crippen LogP contribution in [0, 0.1) is 0 Å². The fourth-order valence-electron chi connectivity index (χ4n) is 2.61. The molecule has 2 aromatic rings. The molecule has 0 aromatic heterocycles. The molecule has 0 fully saturated rings. The highest BCUT2D eigenvalue weighted by molar-refractivity contribution is 9.10. The van der Waals surface area contributed by atoms with E-state index in [1.165, 1.54) is 18.4 Å². The third-order valence-corrected chi connectivity index (χ3v) is 4.86. The summed E-state index contributed by atoms with van der Waals surface area (Å²) in [6, 6.07) is 13.8. The molecule has 0 aliphatic rings. The quantitative estimate of drug-likeness (QED) is 0.340. The second kappa shape index (κ2) is 11.6. The van der Waals surface area contributed by atoms with Crippen LogP contribution in [0.25, 0.3) is 6.08 Å². The first-order chi connectivity index (χ1) is 13.1. The minimum Gasteiger partial charge on any atom is -0.493 e. The number of carbonyl (C=O) groups is 1. The molecular weight excluding hydrogens is 402 g/mol. The number of hydrogen-bond acceptors (Lipinski definition) is 2. The van der Waals surface area contributed by atoms with Crippen LogP contribution in [-0.2, 0) is 11.2 Å². The summed E-state index contributed by atoms with van der Waals surface area (Å²) in [7, 11) is 0. The van der Waals surface area contributed by atoms with Gasteiger partial charge < -0.3 is 10.1 Å². The maximum Gasteiger partial charge on any atom is 0.248 e. The Bertz CT molecular complexity index is 771. The number of anilines is 1. The summed E-state index contributed by atoms with van der Waals surface area (Å²) in [4.78, 5) is 12.3. The van der Waals surface area contributed by atoms with E-state index in [0.717, 1.165) is 40.7 Å². The minimum absolute atomic E-state index is 0.166. The van der Waals surface area contributed by atoms with Gasteiger partial charge in [0.1, 0.15) is 5.75 Å². The van der Waals surface area contributed by atoms with Crippen LogP contribution in [0.1, 0.15) is 50.7 Å². The first-order valence-corrected chi connectivity index (χ1v) is 10.4. The molecule has 27 heavy (non-hydrogen) atoms. The molecule has 3 nitrogen and oxygen atoms in total. The van der Waals surface area contributed by atoms with Crippen LogP contribution in [0.15, 0.2) is 53.0 Å². The predicted octanol–water partition coefficient (Wildman–Crippen LogP) is 6.62. The molecule has 4 heteroatoms. The number of benzene rings is 2. The van der Waals surface area contributed by atoms with E-state index in [1.807, 2.05) is 30.3 Å². The molecule has 0 radical (unpaired) electrons. The van der Waals surface area contributed by atoms with Crippen LogP contribution in [0.5, 0.6) is 5.75 Å². The zero-order valence-electron chi connectivity index (χ0n) is 16.1. The maximum absolute atomic E-state index is 12.3. The van der Waals surface area contributed by atoms with E-state index in [1.54, 1.807) is 12.2 Å². The van der Waals surface area contributed by atoms with Crippen molar-refractivity contribution >= 4 is 33.6 Å². The number of amides is 1.